The zero-order valence-electron chi connectivity index (χ0n) is 10.5. The molecule has 0 aliphatic carbocycles. The lowest BCUT2D eigenvalue weighted by Crippen LogP contribution is -1.90. The van der Waals surface area contributed by atoms with Crippen molar-refractivity contribution in [3.05, 3.63) is 70.7 Å². The van der Waals surface area contributed by atoms with Gasteiger partial charge in [0, 0.05) is 9.86 Å². The fourth-order valence-corrected chi connectivity index (χ4v) is 2.54. The van der Waals surface area contributed by atoms with Gasteiger partial charge in [-0.25, -0.2) is 0 Å². The van der Waals surface area contributed by atoms with E-state index in [1.807, 2.05) is 54.6 Å². The van der Waals surface area contributed by atoms with Crippen molar-refractivity contribution in [2.45, 2.75) is 0 Å². The molecule has 0 atom stereocenters. The molecule has 3 aromatic carbocycles. The second kappa shape index (κ2) is 5.36. The van der Waals surface area contributed by atoms with E-state index in [2.05, 4.69) is 22.0 Å². The molecule has 0 radical (unpaired) electrons. The molecule has 0 aliphatic heterocycles. The van der Waals surface area contributed by atoms with E-state index < -0.39 is 0 Å². The minimum Gasteiger partial charge on any atom is -0.455 e. The lowest BCUT2D eigenvalue weighted by Gasteiger charge is -2.10. The van der Waals surface area contributed by atoms with Crippen molar-refractivity contribution in [1.29, 1.82) is 5.26 Å². The highest BCUT2D eigenvalue weighted by atomic mass is 79.9. The van der Waals surface area contributed by atoms with E-state index in [1.165, 1.54) is 0 Å². The zero-order chi connectivity index (χ0) is 13.9. The lowest BCUT2D eigenvalue weighted by molar-refractivity contribution is 0.486. The van der Waals surface area contributed by atoms with E-state index in [-0.39, 0.29) is 0 Å². The third-order valence-electron chi connectivity index (χ3n) is 3.06. The molecule has 2 nitrogen and oxygen atoms in total. The highest BCUT2D eigenvalue weighted by molar-refractivity contribution is 9.10. The van der Waals surface area contributed by atoms with Crippen molar-refractivity contribution < 1.29 is 4.74 Å². The van der Waals surface area contributed by atoms with Gasteiger partial charge in [-0.2, -0.15) is 5.26 Å². The summed E-state index contributed by atoms with van der Waals surface area (Å²) in [5, 5.41) is 11.4. The number of halogens is 1. The molecule has 0 bridgehead atoms. The van der Waals surface area contributed by atoms with Crippen LogP contribution in [0.5, 0.6) is 11.5 Å². The first kappa shape index (κ1) is 12.7. The summed E-state index contributed by atoms with van der Waals surface area (Å²) in [7, 11) is 0. The van der Waals surface area contributed by atoms with Gasteiger partial charge in [-0.05, 0) is 39.5 Å². The molecule has 20 heavy (non-hydrogen) atoms. The van der Waals surface area contributed by atoms with Gasteiger partial charge in [0.2, 0.25) is 0 Å². The van der Waals surface area contributed by atoms with Crippen molar-refractivity contribution in [2.75, 3.05) is 0 Å². The molecule has 0 saturated carbocycles. The smallest absolute Gasteiger partial charge is 0.146 e. The van der Waals surface area contributed by atoms with Gasteiger partial charge >= 0.3 is 0 Å². The maximum atomic E-state index is 9.23. The normalized spacial score (nSPS) is 10.2. The highest BCUT2D eigenvalue weighted by Crippen LogP contribution is 2.33. The van der Waals surface area contributed by atoms with Crippen LogP contribution < -0.4 is 4.74 Å². The monoisotopic (exact) mass is 323 g/mol. The van der Waals surface area contributed by atoms with E-state index in [1.54, 1.807) is 6.07 Å². The molecule has 0 saturated heterocycles. The number of nitriles is 1. The fraction of sp³-hybridized carbons (Fsp3) is 0. The van der Waals surface area contributed by atoms with Gasteiger partial charge in [0.05, 0.1) is 0 Å². The number of benzene rings is 3. The summed E-state index contributed by atoms with van der Waals surface area (Å²) in [6.45, 7) is 0. The maximum absolute atomic E-state index is 9.23. The maximum Gasteiger partial charge on any atom is 0.146 e. The molecule has 0 unspecified atom stereocenters. The van der Waals surface area contributed by atoms with Crippen molar-refractivity contribution in [2.24, 2.45) is 0 Å². The number of fused-ring (bicyclic) bond motifs is 1. The average molecular weight is 324 g/mol. The second-order valence-corrected chi connectivity index (χ2v) is 5.16. The van der Waals surface area contributed by atoms with Crippen LogP contribution in [-0.2, 0) is 0 Å². The van der Waals surface area contributed by atoms with Crippen LogP contribution in [0.2, 0.25) is 0 Å². The van der Waals surface area contributed by atoms with Crippen LogP contribution in [0.15, 0.2) is 65.1 Å². The van der Waals surface area contributed by atoms with Crippen molar-refractivity contribution in [1.82, 2.24) is 0 Å². The quantitative estimate of drug-likeness (QED) is 0.643. The first-order chi connectivity index (χ1) is 9.79. The van der Waals surface area contributed by atoms with Crippen LogP contribution >= 0.6 is 15.9 Å². The van der Waals surface area contributed by atoms with Crippen LogP contribution in [0.3, 0.4) is 0 Å². The standard InChI is InChI=1S/C17H10BrNO/c18-15-8-4-10-17(14(15)11-19)20-16-9-3-6-12-5-1-2-7-13(12)16/h1-10H. The lowest BCUT2D eigenvalue weighted by atomic mass is 10.1. The van der Waals surface area contributed by atoms with E-state index in [9.17, 15) is 5.26 Å². The van der Waals surface area contributed by atoms with Gasteiger partial charge in [-0.1, -0.05) is 42.5 Å². The number of rotatable bonds is 2. The molecule has 0 aliphatic rings. The molecule has 3 rings (SSSR count). The molecule has 0 heterocycles. The number of hydrogen-bond acceptors (Lipinski definition) is 2. The van der Waals surface area contributed by atoms with Crippen LogP contribution in [0, 0.1) is 11.3 Å². The topological polar surface area (TPSA) is 33.0 Å². The molecule has 0 spiro atoms. The first-order valence-electron chi connectivity index (χ1n) is 6.14. The zero-order valence-corrected chi connectivity index (χ0v) is 12.1. The molecule has 3 aromatic rings. The summed E-state index contributed by atoms with van der Waals surface area (Å²) >= 11 is 3.37. The van der Waals surface area contributed by atoms with Crippen LogP contribution in [-0.4, -0.2) is 0 Å². The molecule has 0 amide bonds. The summed E-state index contributed by atoms with van der Waals surface area (Å²) in [4.78, 5) is 0. The van der Waals surface area contributed by atoms with E-state index in [0.29, 0.717) is 11.3 Å². The van der Waals surface area contributed by atoms with Crippen LogP contribution in [0.1, 0.15) is 5.56 Å². The molecule has 0 fully saturated rings. The van der Waals surface area contributed by atoms with Gasteiger partial charge in [0.1, 0.15) is 23.1 Å². The van der Waals surface area contributed by atoms with Gasteiger partial charge in [0.15, 0.2) is 0 Å². The van der Waals surface area contributed by atoms with Gasteiger partial charge in [-0.3, -0.25) is 0 Å². The fourth-order valence-electron chi connectivity index (χ4n) is 2.10. The SMILES string of the molecule is N#Cc1c(Br)cccc1Oc1cccc2ccccc12. The van der Waals surface area contributed by atoms with Crippen LogP contribution in [0.25, 0.3) is 10.8 Å². The highest BCUT2D eigenvalue weighted by Gasteiger charge is 2.09. The minimum absolute atomic E-state index is 0.500. The average Bonchev–Trinajstić information content (AvgIpc) is 2.48. The minimum atomic E-state index is 0.500. The largest absolute Gasteiger partial charge is 0.455 e. The molecule has 0 N–H and O–H groups in total. The Balaban J connectivity index is 2.11. The molecule has 0 aromatic heterocycles. The van der Waals surface area contributed by atoms with E-state index in [0.717, 1.165) is 21.0 Å². The third-order valence-corrected chi connectivity index (χ3v) is 3.72. The van der Waals surface area contributed by atoms with Crippen molar-refractivity contribution in [3.63, 3.8) is 0 Å². The van der Waals surface area contributed by atoms with Gasteiger partial charge in [0.25, 0.3) is 0 Å². The number of ether oxygens (including phenoxy) is 1. The Hall–Kier alpha value is -2.31. The van der Waals surface area contributed by atoms with Crippen LogP contribution in [0.4, 0.5) is 0 Å². The summed E-state index contributed by atoms with van der Waals surface area (Å²) in [5.41, 5.74) is 0.500. The summed E-state index contributed by atoms with van der Waals surface area (Å²) < 4.78 is 6.68. The predicted molar refractivity (Wildman–Crippen MR) is 82.9 cm³/mol. The van der Waals surface area contributed by atoms with E-state index >= 15 is 0 Å². The Labute approximate surface area is 125 Å². The van der Waals surface area contributed by atoms with Gasteiger partial charge in [-0.15, -0.1) is 0 Å². The molecule has 3 heteroatoms. The second-order valence-electron chi connectivity index (χ2n) is 4.30. The summed E-state index contributed by atoms with van der Waals surface area (Å²) in [6.07, 6.45) is 0. The summed E-state index contributed by atoms with van der Waals surface area (Å²) in [5.74, 6) is 1.30. The first-order valence-corrected chi connectivity index (χ1v) is 6.93. The number of hydrogen-bond donors (Lipinski definition) is 0. The molecule has 96 valence electrons. The predicted octanol–water partition coefficient (Wildman–Crippen LogP) is 5.27. The Kier molecular flexibility index (Phi) is 3.41. The van der Waals surface area contributed by atoms with Crippen molar-refractivity contribution >= 4 is 26.7 Å². The van der Waals surface area contributed by atoms with Gasteiger partial charge < -0.3 is 4.74 Å². The Morgan fingerprint density at radius 1 is 0.850 bits per heavy atom. The molecular formula is C17H10BrNO. The third kappa shape index (κ3) is 2.26. The van der Waals surface area contributed by atoms with Crippen molar-refractivity contribution in [3.8, 4) is 17.6 Å². The number of nitrogens with zero attached hydrogens (tertiary/aromatic N) is 1. The van der Waals surface area contributed by atoms with E-state index in [4.69, 9.17) is 4.74 Å². The summed E-state index contributed by atoms with van der Waals surface area (Å²) in [6, 6.07) is 21.5. The Morgan fingerprint density at radius 3 is 2.40 bits per heavy atom. The Bertz CT molecular complexity index is 815. The Morgan fingerprint density at radius 2 is 1.55 bits per heavy atom. The molecular weight excluding hydrogens is 314 g/mol.